The first-order valence-electron chi connectivity index (χ1n) is 6.34. The zero-order valence-electron chi connectivity index (χ0n) is 11.2. The van der Waals surface area contributed by atoms with E-state index in [0.29, 0.717) is 12.8 Å². The second-order valence-electron chi connectivity index (χ2n) is 5.53. The largest absolute Gasteiger partial charge is 0.418 e. The van der Waals surface area contributed by atoms with Gasteiger partial charge in [-0.15, -0.1) is 0 Å². The molecule has 2 unspecified atom stereocenters. The Morgan fingerprint density at radius 3 is 2.23 bits per heavy atom. The van der Waals surface area contributed by atoms with Crippen LogP contribution in [0, 0.1) is 26.1 Å². The lowest BCUT2D eigenvalue weighted by molar-refractivity contribution is -0.534. The lowest BCUT2D eigenvalue weighted by Gasteiger charge is -2.33. The molecule has 0 spiro atoms. The van der Waals surface area contributed by atoms with Crippen LogP contribution in [0.5, 0.6) is 0 Å². The Labute approximate surface area is 121 Å². The number of hydrogen-bond acceptors (Lipinski definition) is 6. The predicted octanol–water partition coefficient (Wildman–Crippen LogP) is 1.08. The molecule has 22 heavy (non-hydrogen) atoms. The third-order valence-corrected chi connectivity index (χ3v) is 3.89. The van der Waals surface area contributed by atoms with Crippen molar-refractivity contribution in [1.82, 2.24) is 0 Å². The Kier molecular flexibility index (Phi) is 3.63. The highest BCUT2D eigenvalue weighted by Crippen LogP contribution is 2.45. The molecular weight excluding hydrogens is 309 g/mol. The van der Waals surface area contributed by atoms with E-state index in [1.165, 1.54) is 0 Å². The highest BCUT2D eigenvalue weighted by molar-refractivity contribution is 5.43. The van der Waals surface area contributed by atoms with Gasteiger partial charge in [0.2, 0.25) is 0 Å². The Morgan fingerprint density at radius 2 is 1.86 bits per heavy atom. The summed E-state index contributed by atoms with van der Waals surface area (Å²) in [7, 11) is 0. The zero-order chi connectivity index (χ0) is 16.9. The maximum atomic E-state index is 12.9. The summed E-state index contributed by atoms with van der Waals surface area (Å²) < 4.78 is 38.8. The molecule has 11 heteroatoms. The van der Waals surface area contributed by atoms with Gasteiger partial charge in [0, 0.05) is 11.0 Å². The molecule has 0 aliphatic heterocycles. The van der Waals surface area contributed by atoms with Gasteiger partial charge in [-0.05, 0) is 12.3 Å². The molecule has 2 rings (SSSR count). The standard InChI is InChI=1S/C11H13F3N4O4/c12-11(13,14)6-3-7(17(19)20)10(16,4-5-1-2-5)9(8(6)15)18(21)22/h3,5,9H,1-2,4,15-16H2. The van der Waals surface area contributed by atoms with Gasteiger partial charge in [-0.25, -0.2) is 0 Å². The number of allylic oxidation sites excluding steroid dienone is 2. The van der Waals surface area contributed by atoms with Crippen molar-refractivity contribution in [2.45, 2.75) is 37.0 Å². The van der Waals surface area contributed by atoms with Crippen LogP contribution in [0.1, 0.15) is 19.3 Å². The molecule has 0 amide bonds. The van der Waals surface area contributed by atoms with Crippen LogP contribution >= 0.6 is 0 Å². The van der Waals surface area contributed by atoms with Crippen LogP contribution in [0.15, 0.2) is 23.0 Å². The molecule has 2 aliphatic carbocycles. The van der Waals surface area contributed by atoms with Crippen LogP contribution in [0.4, 0.5) is 13.2 Å². The van der Waals surface area contributed by atoms with Crippen molar-refractivity contribution < 1.29 is 23.0 Å². The van der Waals surface area contributed by atoms with E-state index in [9.17, 15) is 33.4 Å². The van der Waals surface area contributed by atoms with Crippen LogP contribution in [0.3, 0.4) is 0 Å². The summed E-state index contributed by atoms with van der Waals surface area (Å²) in [6, 6.07) is -2.19. The Bertz CT molecular complexity index is 597. The van der Waals surface area contributed by atoms with Crippen molar-refractivity contribution in [3.05, 3.63) is 43.3 Å². The van der Waals surface area contributed by atoms with Gasteiger partial charge in [-0.1, -0.05) is 12.8 Å². The fourth-order valence-corrected chi connectivity index (χ4v) is 2.70. The van der Waals surface area contributed by atoms with E-state index >= 15 is 0 Å². The molecule has 0 heterocycles. The normalized spacial score (nSPS) is 29.3. The Balaban J connectivity index is 2.63. The molecule has 0 bridgehead atoms. The monoisotopic (exact) mass is 322 g/mol. The molecule has 0 aromatic carbocycles. The number of nitrogens with two attached hydrogens (primary N) is 2. The zero-order valence-corrected chi connectivity index (χ0v) is 11.2. The highest BCUT2D eigenvalue weighted by Gasteiger charge is 2.61. The molecule has 122 valence electrons. The van der Waals surface area contributed by atoms with E-state index in [0.717, 1.165) is 0 Å². The van der Waals surface area contributed by atoms with Gasteiger partial charge in [-0.3, -0.25) is 20.2 Å². The number of nitrogens with zero attached hydrogens (tertiary/aromatic N) is 2. The number of hydrogen-bond donors (Lipinski definition) is 2. The lowest BCUT2D eigenvalue weighted by atomic mass is 9.76. The van der Waals surface area contributed by atoms with Crippen LogP contribution in [0.25, 0.3) is 0 Å². The van der Waals surface area contributed by atoms with E-state index in [1.807, 2.05) is 0 Å². The lowest BCUT2D eigenvalue weighted by Crippen LogP contribution is -2.61. The van der Waals surface area contributed by atoms with Gasteiger partial charge in [0.25, 0.3) is 11.7 Å². The second kappa shape index (κ2) is 4.93. The number of alkyl halides is 3. The van der Waals surface area contributed by atoms with E-state index in [-0.39, 0.29) is 18.4 Å². The first-order valence-corrected chi connectivity index (χ1v) is 6.34. The molecule has 0 aromatic heterocycles. The van der Waals surface area contributed by atoms with E-state index in [2.05, 4.69) is 0 Å². The highest BCUT2D eigenvalue weighted by atomic mass is 19.4. The summed E-state index contributed by atoms with van der Waals surface area (Å²) in [5.74, 6) is -0.0870. The smallest absolute Gasteiger partial charge is 0.396 e. The second-order valence-corrected chi connectivity index (χ2v) is 5.53. The first kappa shape index (κ1) is 16.2. The first-order chi connectivity index (χ1) is 9.98. The number of nitro groups is 2. The molecule has 0 saturated heterocycles. The van der Waals surface area contributed by atoms with Crippen molar-refractivity contribution in [2.24, 2.45) is 17.4 Å². The van der Waals surface area contributed by atoms with Crippen molar-refractivity contribution in [2.75, 3.05) is 0 Å². The van der Waals surface area contributed by atoms with Crippen LogP contribution in [0.2, 0.25) is 0 Å². The van der Waals surface area contributed by atoms with Crippen molar-refractivity contribution in [1.29, 1.82) is 0 Å². The molecular formula is C11H13F3N4O4. The van der Waals surface area contributed by atoms with Gasteiger partial charge < -0.3 is 11.5 Å². The average Bonchev–Trinajstić information content (AvgIpc) is 3.09. The average molecular weight is 322 g/mol. The Morgan fingerprint density at radius 1 is 1.32 bits per heavy atom. The SMILES string of the molecule is NC1=C(C(F)(F)F)C=C([N+](=O)[O-])C(N)(CC2CC2)C1[N+](=O)[O-]. The van der Waals surface area contributed by atoms with Crippen molar-refractivity contribution in [3.63, 3.8) is 0 Å². The molecule has 1 fully saturated rings. The summed E-state index contributed by atoms with van der Waals surface area (Å²) in [5, 5.41) is 22.3. The third-order valence-electron chi connectivity index (χ3n) is 3.89. The third kappa shape index (κ3) is 2.63. The van der Waals surface area contributed by atoms with Gasteiger partial charge in [-0.2, -0.15) is 13.2 Å². The minimum Gasteiger partial charge on any atom is -0.396 e. The molecule has 4 N–H and O–H groups in total. The fraction of sp³-hybridized carbons (Fsp3) is 0.636. The summed E-state index contributed by atoms with van der Waals surface area (Å²) in [6.45, 7) is 0. The van der Waals surface area contributed by atoms with Crippen LogP contribution in [-0.2, 0) is 0 Å². The van der Waals surface area contributed by atoms with Gasteiger partial charge >= 0.3 is 6.18 Å². The molecule has 1 saturated carbocycles. The molecule has 8 nitrogen and oxygen atoms in total. The molecule has 0 aromatic rings. The maximum Gasteiger partial charge on any atom is 0.418 e. The topological polar surface area (TPSA) is 138 Å². The van der Waals surface area contributed by atoms with E-state index in [1.54, 1.807) is 0 Å². The quantitative estimate of drug-likeness (QED) is 0.586. The minimum absolute atomic E-state index is 0.0870. The van der Waals surface area contributed by atoms with E-state index in [4.69, 9.17) is 11.5 Å². The molecule has 2 atom stereocenters. The van der Waals surface area contributed by atoms with E-state index < -0.39 is 44.6 Å². The summed E-state index contributed by atoms with van der Waals surface area (Å²) >= 11 is 0. The maximum absolute atomic E-state index is 12.9. The number of rotatable bonds is 4. The fourth-order valence-electron chi connectivity index (χ4n) is 2.70. The molecule has 2 aliphatic rings. The van der Waals surface area contributed by atoms with Gasteiger partial charge in [0.05, 0.1) is 16.2 Å². The molecule has 0 radical (unpaired) electrons. The summed E-state index contributed by atoms with van der Waals surface area (Å²) in [4.78, 5) is 20.2. The van der Waals surface area contributed by atoms with Gasteiger partial charge in [0.1, 0.15) is 0 Å². The van der Waals surface area contributed by atoms with Crippen molar-refractivity contribution in [3.8, 4) is 0 Å². The minimum atomic E-state index is -5.04. The Hall–Kier alpha value is -2.17. The summed E-state index contributed by atoms with van der Waals surface area (Å²) in [5.41, 5.74) is 5.31. The van der Waals surface area contributed by atoms with Crippen LogP contribution in [-0.4, -0.2) is 27.6 Å². The number of halogens is 3. The predicted molar refractivity (Wildman–Crippen MR) is 67.4 cm³/mol. The summed E-state index contributed by atoms with van der Waals surface area (Å²) in [6.07, 6.45) is -3.64. The van der Waals surface area contributed by atoms with Gasteiger partial charge in [0.15, 0.2) is 5.54 Å². The van der Waals surface area contributed by atoms with Crippen molar-refractivity contribution >= 4 is 0 Å². The van der Waals surface area contributed by atoms with Crippen LogP contribution < -0.4 is 11.5 Å².